The average molecular weight is 419 g/mol. The third kappa shape index (κ3) is 7.23. The van der Waals surface area contributed by atoms with Crippen LogP contribution in [0.3, 0.4) is 0 Å². The van der Waals surface area contributed by atoms with E-state index in [-0.39, 0.29) is 6.61 Å². The molecule has 2 rings (SSSR count). The van der Waals surface area contributed by atoms with Crippen molar-refractivity contribution in [2.45, 2.75) is 32.8 Å². The van der Waals surface area contributed by atoms with Crippen LogP contribution in [0.4, 0.5) is 5.69 Å². The largest absolute Gasteiger partial charge is 0.482 e. The Morgan fingerprint density at radius 2 is 1.55 bits per heavy atom. The maximum absolute atomic E-state index is 12.4. The maximum Gasteiger partial charge on any atom is 0.344 e. The lowest BCUT2D eigenvalue weighted by molar-refractivity contribution is -0.148. The molecule has 0 aliphatic heterocycles. The van der Waals surface area contributed by atoms with Crippen LogP contribution in [0.1, 0.15) is 42.6 Å². The predicted molar refractivity (Wildman–Crippen MR) is 111 cm³/mol. The lowest BCUT2D eigenvalue weighted by atomic mass is 10.0. The van der Waals surface area contributed by atoms with E-state index >= 15 is 0 Å². The third-order valence-electron chi connectivity index (χ3n) is 4.05. The van der Waals surface area contributed by atoms with Crippen molar-refractivity contribution in [3.8, 4) is 5.75 Å². The van der Waals surface area contributed by atoms with Gasteiger partial charge < -0.3 is 9.47 Å². The Bertz CT molecular complexity index is 950. The van der Waals surface area contributed by atoms with E-state index in [0.717, 1.165) is 11.8 Å². The number of ether oxygens (including phenoxy) is 2. The van der Waals surface area contributed by atoms with Crippen LogP contribution in [0, 0.1) is 0 Å². The molecule has 2 aromatic rings. The molecule has 2 aromatic carbocycles. The minimum atomic E-state index is -3.40. The van der Waals surface area contributed by atoms with Crippen LogP contribution in [0.15, 0.2) is 48.5 Å². The van der Waals surface area contributed by atoms with E-state index in [0.29, 0.717) is 22.9 Å². The van der Waals surface area contributed by atoms with E-state index in [1.165, 1.54) is 31.2 Å². The van der Waals surface area contributed by atoms with Gasteiger partial charge in [-0.15, -0.1) is 0 Å². The van der Waals surface area contributed by atoms with E-state index in [1.807, 2.05) is 12.1 Å². The highest BCUT2D eigenvalue weighted by Gasteiger charge is 2.20. The van der Waals surface area contributed by atoms with Gasteiger partial charge in [-0.05, 0) is 54.8 Å². The third-order valence-corrected chi connectivity index (χ3v) is 4.66. The van der Waals surface area contributed by atoms with Crippen LogP contribution < -0.4 is 9.46 Å². The second kappa shape index (κ2) is 9.56. The maximum atomic E-state index is 12.4. The van der Waals surface area contributed by atoms with Gasteiger partial charge in [-0.2, -0.15) is 0 Å². The van der Waals surface area contributed by atoms with Crippen molar-refractivity contribution >= 4 is 27.5 Å². The summed E-state index contributed by atoms with van der Waals surface area (Å²) in [6.45, 7) is 5.33. The van der Waals surface area contributed by atoms with E-state index < -0.39 is 27.9 Å². The molecule has 0 saturated heterocycles. The molecule has 0 spiro atoms. The number of nitrogens with one attached hydrogen (secondary N) is 1. The molecule has 0 radical (unpaired) electrons. The molecule has 29 heavy (non-hydrogen) atoms. The fraction of sp³-hybridized carbons (Fsp3) is 0.333. The number of sulfonamides is 1. The molecule has 156 valence electrons. The standard InChI is InChI=1S/C21H25NO6S/c1-14(2)16-7-11-19(12-8-16)27-13-20(23)28-15(3)21(24)17-5-9-18(10-6-17)22-29(4,25)26/h5-12,14-15,22H,13H2,1-4H3/t15-/m1/s1. The monoisotopic (exact) mass is 419 g/mol. The number of rotatable bonds is 9. The lowest BCUT2D eigenvalue weighted by Crippen LogP contribution is -2.27. The Hall–Kier alpha value is -2.87. The van der Waals surface area contributed by atoms with E-state index in [1.54, 1.807) is 12.1 Å². The van der Waals surface area contributed by atoms with Gasteiger partial charge in [0, 0.05) is 11.3 Å². The van der Waals surface area contributed by atoms with Crippen LogP contribution in [-0.2, 0) is 19.6 Å². The van der Waals surface area contributed by atoms with Gasteiger partial charge in [-0.3, -0.25) is 9.52 Å². The molecule has 8 heteroatoms. The smallest absolute Gasteiger partial charge is 0.344 e. The number of Topliss-reactive ketones (excluding diaryl/α,β-unsaturated/α-hetero) is 1. The normalized spacial score (nSPS) is 12.3. The Balaban J connectivity index is 1.87. The molecule has 0 amide bonds. The highest BCUT2D eigenvalue weighted by atomic mass is 32.2. The number of hydrogen-bond acceptors (Lipinski definition) is 6. The Morgan fingerprint density at radius 1 is 0.966 bits per heavy atom. The van der Waals surface area contributed by atoms with Gasteiger partial charge in [0.1, 0.15) is 5.75 Å². The summed E-state index contributed by atoms with van der Waals surface area (Å²) in [6, 6.07) is 13.3. The number of hydrogen-bond donors (Lipinski definition) is 1. The van der Waals surface area contributed by atoms with Gasteiger partial charge in [-0.25, -0.2) is 13.2 Å². The van der Waals surface area contributed by atoms with Gasteiger partial charge in [0.2, 0.25) is 15.8 Å². The summed E-state index contributed by atoms with van der Waals surface area (Å²) in [5.74, 6) is -0.115. The quantitative estimate of drug-likeness (QED) is 0.494. The first-order valence-electron chi connectivity index (χ1n) is 9.09. The van der Waals surface area contributed by atoms with Gasteiger partial charge in [0.15, 0.2) is 12.7 Å². The van der Waals surface area contributed by atoms with Gasteiger partial charge in [-0.1, -0.05) is 26.0 Å². The van der Waals surface area contributed by atoms with Crippen LogP contribution in [0.5, 0.6) is 5.75 Å². The molecule has 0 saturated carbocycles. The summed E-state index contributed by atoms with van der Waals surface area (Å²) in [5.41, 5.74) is 1.80. The highest BCUT2D eigenvalue weighted by molar-refractivity contribution is 7.92. The predicted octanol–water partition coefficient (Wildman–Crippen LogP) is 3.37. The van der Waals surface area contributed by atoms with Crippen molar-refractivity contribution in [3.63, 3.8) is 0 Å². The Labute approximate surface area is 171 Å². The van der Waals surface area contributed by atoms with Crippen molar-refractivity contribution in [3.05, 3.63) is 59.7 Å². The van der Waals surface area contributed by atoms with Gasteiger partial charge >= 0.3 is 5.97 Å². The minimum absolute atomic E-state index is 0.301. The number of anilines is 1. The van der Waals surface area contributed by atoms with Crippen LogP contribution in [0.2, 0.25) is 0 Å². The molecular weight excluding hydrogens is 394 g/mol. The number of benzene rings is 2. The zero-order valence-corrected chi connectivity index (χ0v) is 17.7. The van der Waals surface area contributed by atoms with Crippen LogP contribution >= 0.6 is 0 Å². The van der Waals surface area contributed by atoms with Crippen molar-refractivity contribution < 1.29 is 27.5 Å². The first-order valence-corrected chi connectivity index (χ1v) is 11.0. The zero-order valence-electron chi connectivity index (χ0n) is 16.8. The second-order valence-electron chi connectivity index (χ2n) is 6.96. The molecule has 0 heterocycles. The number of carbonyl (C=O) groups is 2. The van der Waals surface area contributed by atoms with Crippen LogP contribution in [0.25, 0.3) is 0 Å². The molecular formula is C21H25NO6S. The minimum Gasteiger partial charge on any atom is -0.482 e. The number of ketones is 1. The van der Waals surface area contributed by atoms with Crippen molar-refractivity contribution in [2.75, 3.05) is 17.6 Å². The van der Waals surface area contributed by atoms with Gasteiger partial charge in [0.25, 0.3) is 0 Å². The summed E-state index contributed by atoms with van der Waals surface area (Å²) < 4.78 is 35.3. The Kier molecular flexibility index (Phi) is 7.39. The van der Waals surface area contributed by atoms with Crippen molar-refractivity contribution in [2.24, 2.45) is 0 Å². The summed E-state index contributed by atoms with van der Waals surface area (Å²) in [4.78, 5) is 24.4. The fourth-order valence-electron chi connectivity index (χ4n) is 2.53. The topological polar surface area (TPSA) is 98.8 Å². The molecule has 0 bridgehead atoms. The van der Waals surface area contributed by atoms with E-state index in [4.69, 9.17) is 9.47 Å². The highest BCUT2D eigenvalue weighted by Crippen LogP contribution is 2.19. The first-order chi connectivity index (χ1) is 13.5. The van der Waals surface area contributed by atoms with Crippen LogP contribution in [-0.4, -0.2) is 39.1 Å². The fourth-order valence-corrected chi connectivity index (χ4v) is 3.09. The van der Waals surface area contributed by atoms with Gasteiger partial charge in [0.05, 0.1) is 6.26 Å². The van der Waals surface area contributed by atoms with Crippen molar-refractivity contribution in [1.29, 1.82) is 0 Å². The summed E-state index contributed by atoms with van der Waals surface area (Å²) in [7, 11) is -3.40. The van der Waals surface area contributed by atoms with Crippen molar-refractivity contribution in [1.82, 2.24) is 0 Å². The Morgan fingerprint density at radius 3 is 2.07 bits per heavy atom. The molecule has 1 N–H and O–H groups in total. The average Bonchev–Trinajstić information content (AvgIpc) is 2.65. The molecule has 1 atom stereocenters. The summed E-state index contributed by atoms with van der Waals surface area (Å²) in [5, 5.41) is 0. The summed E-state index contributed by atoms with van der Waals surface area (Å²) in [6.07, 6.45) is 0.0390. The molecule has 0 aliphatic carbocycles. The number of esters is 1. The van der Waals surface area contributed by atoms with E-state index in [9.17, 15) is 18.0 Å². The lowest BCUT2D eigenvalue weighted by Gasteiger charge is -2.13. The molecule has 0 fully saturated rings. The zero-order chi connectivity index (χ0) is 21.6. The number of carbonyl (C=O) groups excluding carboxylic acids is 2. The molecule has 0 aromatic heterocycles. The second-order valence-corrected chi connectivity index (χ2v) is 8.71. The molecule has 0 aliphatic rings. The van der Waals surface area contributed by atoms with E-state index in [2.05, 4.69) is 18.6 Å². The molecule has 7 nitrogen and oxygen atoms in total. The summed E-state index contributed by atoms with van der Waals surface area (Å²) >= 11 is 0. The first kappa shape index (κ1) is 22.4. The molecule has 0 unspecified atom stereocenters. The SMILES string of the molecule is CC(C)c1ccc(OCC(=O)O[C@H](C)C(=O)c2ccc(NS(C)(=O)=O)cc2)cc1.